The van der Waals surface area contributed by atoms with Gasteiger partial charge in [-0.05, 0) is 55.3 Å². The van der Waals surface area contributed by atoms with Gasteiger partial charge in [-0.25, -0.2) is 14.8 Å². The lowest BCUT2D eigenvalue weighted by atomic mass is 10.1. The summed E-state index contributed by atoms with van der Waals surface area (Å²) in [5.41, 5.74) is 0.472. The molecule has 1 saturated heterocycles. The molecular weight excluding hydrogens is 497 g/mol. The summed E-state index contributed by atoms with van der Waals surface area (Å²) in [7, 11) is 0. The number of hydrogen-bond acceptors (Lipinski definition) is 8. The quantitative estimate of drug-likeness (QED) is 0.358. The molecule has 1 aliphatic rings. The van der Waals surface area contributed by atoms with Crippen molar-refractivity contribution in [3.63, 3.8) is 0 Å². The van der Waals surface area contributed by atoms with E-state index in [-0.39, 0.29) is 11.1 Å². The molecule has 4 heterocycles. The van der Waals surface area contributed by atoms with E-state index in [4.69, 9.17) is 9.47 Å². The number of pyridine rings is 2. The Hall–Kier alpha value is -3.87. The van der Waals surface area contributed by atoms with Gasteiger partial charge < -0.3 is 14.4 Å². The second-order valence-electron chi connectivity index (χ2n) is 7.91. The summed E-state index contributed by atoms with van der Waals surface area (Å²) in [5, 5.41) is 9.02. The molecule has 36 heavy (non-hydrogen) atoms. The summed E-state index contributed by atoms with van der Waals surface area (Å²) in [5.74, 6) is 0.683. The summed E-state index contributed by atoms with van der Waals surface area (Å²) in [6.45, 7) is 1.08. The average molecular weight is 517 g/mol. The Morgan fingerprint density at radius 3 is 2.39 bits per heavy atom. The number of aromatic nitrogens is 5. The van der Waals surface area contributed by atoms with Gasteiger partial charge in [0.1, 0.15) is 17.0 Å². The third kappa shape index (κ3) is 5.67. The molecule has 0 bridgehead atoms. The molecule has 0 aliphatic carbocycles. The van der Waals surface area contributed by atoms with Gasteiger partial charge in [0.2, 0.25) is 11.5 Å². The molecule has 13 heteroatoms. The number of amides is 1. The fourth-order valence-electron chi connectivity index (χ4n) is 3.53. The molecule has 4 aromatic rings. The summed E-state index contributed by atoms with van der Waals surface area (Å²) >= 11 is 1.51. The number of carbonyl (C=O) groups is 1. The van der Waals surface area contributed by atoms with Crippen LogP contribution in [0.1, 0.15) is 18.4 Å². The number of likely N-dealkylation sites (tertiary alicyclic amines) is 1. The molecule has 1 aromatic carbocycles. The highest BCUT2D eigenvalue weighted by Gasteiger charge is 2.30. The van der Waals surface area contributed by atoms with Gasteiger partial charge in [-0.3, -0.25) is 0 Å². The predicted octanol–water partition coefficient (Wildman–Crippen LogP) is 5.19. The van der Waals surface area contributed by atoms with Gasteiger partial charge in [0.25, 0.3) is 0 Å². The van der Waals surface area contributed by atoms with Crippen LogP contribution in [0, 0.1) is 0 Å². The lowest BCUT2D eigenvalue weighted by molar-refractivity contribution is -0.137. The van der Waals surface area contributed by atoms with E-state index in [1.807, 2.05) is 12.1 Å². The average Bonchev–Trinajstić information content (AvgIpc) is 3.28. The number of hydrogen-bond donors (Lipinski definition) is 0. The summed E-state index contributed by atoms with van der Waals surface area (Å²) in [4.78, 5) is 22.1. The van der Waals surface area contributed by atoms with Crippen LogP contribution in [0.4, 0.5) is 18.0 Å². The van der Waals surface area contributed by atoms with Crippen LogP contribution in [0.2, 0.25) is 0 Å². The van der Waals surface area contributed by atoms with E-state index in [0.717, 1.165) is 30.5 Å². The van der Waals surface area contributed by atoms with Gasteiger partial charge in [0.05, 0.1) is 5.56 Å². The Labute approximate surface area is 207 Å². The third-order valence-electron chi connectivity index (χ3n) is 5.40. The minimum Gasteiger partial charge on any atom is -0.439 e. The van der Waals surface area contributed by atoms with Crippen molar-refractivity contribution in [2.75, 3.05) is 13.1 Å². The minimum atomic E-state index is -4.46. The Kier molecular flexibility index (Phi) is 6.63. The second-order valence-corrected chi connectivity index (χ2v) is 9.12. The van der Waals surface area contributed by atoms with Crippen LogP contribution in [-0.4, -0.2) is 53.7 Å². The monoisotopic (exact) mass is 516 g/mol. The molecular formula is C23H19F3N6O3S. The van der Waals surface area contributed by atoms with Crippen LogP contribution in [-0.2, 0) is 6.18 Å². The normalized spacial score (nSPS) is 14.7. The molecule has 186 valence electrons. The molecule has 1 fully saturated rings. The van der Waals surface area contributed by atoms with Gasteiger partial charge in [0, 0.05) is 48.7 Å². The van der Waals surface area contributed by atoms with Crippen molar-refractivity contribution < 1.29 is 27.4 Å². The van der Waals surface area contributed by atoms with Gasteiger partial charge in [-0.15, -0.1) is 14.4 Å². The first-order valence-electron chi connectivity index (χ1n) is 11.0. The zero-order valence-corrected chi connectivity index (χ0v) is 19.4. The molecule has 0 radical (unpaired) electrons. The van der Waals surface area contributed by atoms with Crippen molar-refractivity contribution in [2.45, 2.75) is 24.3 Å². The van der Waals surface area contributed by atoms with E-state index in [1.165, 1.54) is 11.9 Å². The lowest BCUT2D eigenvalue weighted by Crippen LogP contribution is -2.41. The van der Waals surface area contributed by atoms with Crippen molar-refractivity contribution >= 4 is 29.2 Å². The fourth-order valence-corrected chi connectivity index (χ4v) is 4.48. The Bertz CT molecular complexity index is 1310. The maximum Gasteiger partial charge on any atom is 0.417 e. The Balaban J connectivity index is 1.10. The van der Waals surface area contributed by atoms with Crippen LogP contribution in [0.3, 0.4) is 0 Å². The number of carbonyl (C=O) groups excluding carboxylic acids is 1. The SMILES string of the molecule is O=C(Oc1ccc(Oc2ccc(C(F)(F)F)cn2)cc1)N1CCC(Sn2nc3cccnc3n2)CC1. The lowest BCUT2D eigenvalue weighted by Gasteiger charge is -2.30. The number of ether oxygens (including phenoxy) is 2. The molecule has 0 N–H and O–H groups in total. The van der Waals surface area contributed by atoms with Crippen molar-refractivity contribution in [2.24, 2.45) is 0 Å². The van der Waals surface area contributed by atoms with E-state index >= 15 is 0 Å². The molecule has 1 amide bonds. The smallest absolute Gasteiger partial charge is 0.417 e. The zero-order valence-electron chi connectivity index (χ0n) is 18.6. The van der Waals surface area contributed by atoms with Gasteiger partial charge >= 0.3 is 12.3 Å². The van der Waals surface area contributed by atoms with Crippen LogP contribution < -0.4 is 9.47 Å². The molecule has 9 nitrogen and oxygen atoms in total. The maximum absolute atomic E-state index is 12.6. The van der Waals surface area contributed by atoms with E-state index in [0.29, 0.717) is 36.4 Å². The second kappa shape index (κ2) is 10.0. The molecule has 0 spiro atoms. The summed E-state index contributed by atoms with van der Waals surface area (Å²) in [6.07, 6.45) is -1.01. The topological polar surface area (TPSA) is 95.3 Å². The van der Waals surface area contributed by atoms with Crippen molar-refractivity contribution in [1.82, 2.24) is 29.3 Å². The number of rotatable bonds is 5. The molecule has 0 saturated carbocycles. The van der Waals surface area contributed by atoms with Gasteiger partial charge in [-0.2, -0.15) is 13.2 Å². The third-order valence-corrected chi connectivity index (χ3v) is 6.52. The fraction of sp³-hybridized carbons (Fsp3) is 0.261. The van der Waals surface area contributed by atoms with Gasteiger partial charge in [0.15, 0.2) is 0 Å². The number of piperidine rings is 1. The molecule has 0 atom stereocenters. The van der Waals surface area contributed by atoms with E-state index in [2.05, 4.69) is 20.2 Å². The number of benzene rings is 1. The molecule has 5 rings (SSSR count). The largest absolute Gasteiger partial charge is 0.439 e. The molecule has 1 aliphatic heterocycles. The zero-order chi connectivity index (χ0) is 25.1. The van der Waals surface area contributed by atoms with Crippen molar-refractivity contribution in [3.05, 3.63) is 66.5 Å². The summed E-state index contributed by atoms with van der Waals surface area (Å²) in [6, 6.07) is 11.9. The highest BCUT2D eigenvalue weighted by Crippen LogP contribution is 2.30. The van der Waals surface area contributed by atoms with E-state index in [9.17, 15) is 18.0 Å². The van der Waals surface area contributed by atoms with Crippen molar-refractivity contribution in [1.29, 1.82) is 0 Å². The van der Waals surface area contributed by atoms with Crippen LogP contribution in [0.25, 0.3) is 11.2 Å². The predicted molar refractivity (Wildman–Crippen MR) is 125 cm³/mol. The van der Waals surface area contributed by atoms with E-state index < -0.39 is 17.8 Å². The minimum absolute atomic E-state index is 0.0168. The first kappa shape index (κ1) is 23.9. The first-order valence-corrected chi connectivity index (χ1v) is 11.8. The van der Waals surface area contributed by atoms with Crippen molar-refractivity contribution in [3.8, 4) is 17.4 Å². The summed E-state index contributed by atoms with van der Waals surface area (Å²) < 4.78 is 50.4. The van der Waals surface area contributed by atoms with E-state index in [1.54, 1.807) is 39.6 Å². The number of alkyl halides is 3. The standard InChI is InChI=1S/C23H19F3N6O3S/c24-23(25,26)15-3-8-20(28-14-15)34-16-4-6-17(7-5-16)35-22(33)31-12-9-18(10-13-31)36-32-29-19-2-1-11-27-21(19)30-32/h1-8,11,14,18H,9-10,12-13H2. The van der Waals surface area contributed by atoms with Gasteiger partial charge in [-0.1, -0.05) is 0 Å². The van der Waals surface area contributed by atoms with Crippen LogP contribution in [0.5, 0.6) is 17.4 Å². The maximum atomic E-state index is 12.6. The number of fused-ring (bicyclic) bond motifs is 1. The van der Waals surface area contributed by atoms with Crippen LogP contribution >= 0.6 is 11.9 Å². The highest BCUT2D eigenvalue weighted by molar-refractivity contribution is 7.98. The highest BCUT2D eigenvalue weighted by atomic mass is 32.2. The Morgan fingerprint density at radius 2 is 1.72 bits per heavy atom. The number of nitrogens with zero attached hydrogens (tertiary/aromatic N) is 6. The Morgan fingerprint density at radius 1 is 0.972 bits per heavy atom. The number of halogens is 3. The molecule has 0 unspecified atom stereocenters. The van der Waals surface area contributed by atoms with Crippen LogP contribution in [0.15, 0.2) is 60.9 Å². The first-order chi connectivity index (χ1) is 17.3. The molecule has 3 aromatic heterocycles.